The fraction of sp³-hybridized carbons (Fsp3) is 0.750. The first-order chi connectivity index (χ1) is 6.61. The van der Waals surface area contributed by atoms with Crippen LogP contribution in [0.5, 0.6) is 0 Å². The van der Waals surface area contributed by atoms with E-state index in [4.69, 9.17) is 5.73 Å². The highest BCUT2D eigenvalue weighted by molar-refractivity contribution is 5.93. The van der Waals surface area contributed by atoms with Gasteiger partial charge in [-0.1, -0.05) is 19.9 Å². The normalized spacial score (nSPS) is 12.5. The highest BCUT2D eigenvalue weighted by atomic mass is 16.1. The SMILES string of the molecule is C=C(C)C(=O)CCCC(CC)CCN. The molecule has 82 valence electrons. The summed E-state index contributed by atoms with van der Waals surface area (Å²) in [6.07, 6.45) is 4.99. The molecule has 2 heteroatoms. The van der Waals surface area contributed by atoms with E-state index < -0.39 is 0 Å². The summed E-state index contributed by atoms with van der Waals surface area (Å²) in [6, 6.07) is 0. The fourth-order valence-corrected chi connectivity index (χ4v) is 1.55. The van der Waals surface area contributed by atoms with Crippen LogP contribution >= 0.6 is 0 Å². The van der Waals surface area contributed by atoms with Gasteiger partial charge in [-0.2, -0.15) is 0 Å². The Kier molecular flexibility index (Phi) is 7.40. The summed E-state index contributed by atoms with van der Waals surface area (Å²) in [5.41, 5.74) is 6.18. The predicted molar refractivity (Wildman–Crippen MR) is 61.1 cm³/mol. The van der Waals surface area contributed by atoms with Crippen LogP contribution in [0, 0.1) is 5.92 Å². The number of ketones is 1. The Balaban J connectivity index is 3.60. The van der Waals surface area contributed by atoms with E-state index in [1.807, 2.05) is 0 Å². The van der Waals surface area contributed by atoms with Gasteiger partial charge in [0.15, 0.2) is 5.78 Å². The largest absolute Gasteiger partial charge is 0.330 e. The van der Waals surface area contributed by atoms with Crippen LogP contribution in [-0.4, -0.2) is 12.3 Å². The fourth-order valence-electron chi connectivity index (χ4n) is 1.55. The van der Waals surface area contributed by atoms with E-state index in [0.717, 1.165) is 25.8 Å². The molecule has 0 rings (SSSR count). The molecule has 1 atom stereocenters. The molecule has 2 N–H and O–H groups in total. The second-order valence-electron chi connectivity index (χ2n) is 3.95. The van der Waals surface area contributed by atoms with Crippen LogP contribution in [0.3, 0.4) is 0 Å². The number of Topliss-reactive ketones (excluding diaryl/α,β-unsaturated/α-hetero) is 1. The number of carbonyl (C=O) groups is 1. The van der Waals surface area contributed by atoms with Crippen LogP contribution in [0.15, 0.2) is 12.2 Å². The van der Waals surface area contributed by atoms with Gasteiger partial charge in [-0.05, 0) is 44.2 Å². The molecule has 0 spiro atoms. The molecule has 0 aliphatic rings. The van der Waals surface area contributed by atoms with Gasteiger partial charge in [0.1, 0.15) is 0 Å². The quantitative estimate of drug-likeness (QED) is 0.608. The van der Waals surface area contributed by atoms with Gasteiger partial charge in [0.05, 0.1) is 0 Å². The molecule has 0 saturated heterocycles. The molecular weight excluding hydrogens is 174 g/mol. The first-order valence-corrected chi connectivity index (χ1v) is 5.50. The molecule has 14 heavy (non-hydrogen) atoms. The lowest BCUT2D eigenvalue weighted by Crippen LogP contribution is -2.09. The third-order valence-electron chi connectivity index (χ3n) is 2.64. The third-order valence-corrected chi connectivity index (χ3v) is 2.64. The number of nitrogens with two attached hydrogens (primary N) is 1. The van der Waals surface area contributed by atoms with Crippen LogP contribution in [0.4, 0.5) is 0 Å². The van der Waals surface area contributed by atoms with Crippen molar-refractivity contribution in [3.8, 4) is 0 Å². The van der Waals surface area contributed by atoms with Crippen molar-refractivity contribution in [2.45, 2.75) is 46.0 Å². The third kappa shape index (κ3) is 5.92. The van der Waals surface area contributed by atoms with E-state index in [1.54, 1.807) is 6.92 Å². The van der Waals surface area contributed by atoms with Crippen LogP contribution in [0.1, 0.15) is 46.0 Å². The highest BCUT2D eigenvalue weighted by Gasteiger charge is 2.07. The molecule has 0 heterocycles. The molecular formula is C12H23NO. The Morgan fingerprint density at radius 3 is 2.50 bits per heavy atom. The van der Waals surface area contributed by atoms with E-state index in [-0.39, 0.29) is 5.78 Å². The smallest absolute Gasteiger partial charge is 0.157 e. The highest BCUT2D eigenvalue weighted by Crippen LogP contribution is 2.16. The van der Waals surface area contributed by atoms with Gasteiger partial charge in [-0.25, -0.2) is 0 Å². The van der Waals surface area contributed by atoms with Crippen molar-refractivity contribution in [3.05, 3.63) is 12.2 Å². The van der Waals surface area contributed by atoms with Crippen molar-refractivity contribution in [1.29, 1.82) is 0 Å². The van der Waals surface area contributed by atoms with Crippen molar-refractivity contribution in [2.24, 2.45) is 11.7 Å². The van der Waals surface area contributed by atoms with Gasteiger partial charge in [0.25, 0.3) is 0 Å². The van der Waals surface area contributed by atoms with Gasteiger partial charge in [-0.3, -0.25) is 4.79 Å². The number of rotatable bonds is 8. The molecule has 0 aromatic carbocycles. The van der Waals surface area contributed by atoms with E-state index in [2.05, 4.69) is 13.5 Å². The maximum absolute atomic E-state index is 11.2. The first kappa shape index (κ1) is 13.4. The Morgan fingerprint density at radius 1 is 1.43 bits per heavy atom. The minimum atomic E-state index is 0.201. The molecule has 0 aliphatic carbocycles. The van der Waals surface area contributed by atoms with E-state index in [1.165, 1.54) is 6.42 Å². The van der Waals surface area contributed by atoms with Crippen LogP contribution in [0.25, 0.3) is 0 Å². The zero-order valence-corrected chi connectivity index (χ0v) is 9.51. The molecule has 0 radical (unpaired) electrons. The Hall–Kier alpha value is -0.630. The van der Waals surface area contributed by atoms with Crippen LogP contribution in [-0.2, 0) is 4.79 Å². The lowest BCUT2D eigenvalue weighted by Gasteiger charge is -2.12. The summed E-state index contributed by atoms with van der Waals surface area (Å²) in [4.78, 5) is 11.2. The number of allylic oxidation sites excluding steroid dienone is 1. The summed E-state index contributed by atoms with van der Waals surface area (Å²) in [5, 5.41) is 0. The first-order valence-electron chi connectivity index (χ1n) is 5.50. The van der Waals surface area contributed by atoms with E-state index in [9.17, 15) is 4.79 Å². The van der Waals surface area contributed by atoms with Gasteiger partial charge in [-0.15, -0.1) is 0 Å². The van der Waals surface area contributed by atoms with Crippen molar-refractivity contribution in [2.75, 3.05) is 6.54 Å². The minimum Gasteiger partial charge on any atom is -0.330 e. The standard InChI is InChI=1S/C12H23NO/c1-4-11(8-9-13)6-5-7-12(14)10(2)3/h11H,2,4-9,13H2,1,3H3. The van der Waals surface area contributed by atoms with Gasteiger partial charge in [0, 0.05) is 6.42 Å². The summed E-state index contributed by atoms with van der Waals surface area (Å²) < 4.78 is 0. The second-order valence-corrected chi connectivity index (χ2v) is 3.95. The van der Waals surface area contributed by atoms with Crippen molar-refractivity contribution >= 4 is 5.78 Å². The average molecular weight is 197 g/mol. The summed E-state index contributed by atoms with van der Waals surface area (Å²) in [7, 11) is 0. The monoisotopic (exact) mass is 197 g/mol. The molecule has 2 nitrogen and oxygen atoms in total. The molecule has 0 aromatic rings. The van der Waals surface area contributed by atoms with Gasteiger partial charge < -0.3 is 5.73 Å². The lowest BCUT2D eigenvalue weighted by molar-refractivity contribution is -0.115. The Morgan fingerprint density at radius 2 is 2.07 bits per heavy atom. The number of hydrogen-bond donors (Lipinski definition) is 1. The van der Waals surface area contributed by atoms with Gasteiger partial charge in [0.2, 0.25) is 0 Å². The summed E-state index contributed by atoms with van der Waals surface area (Å²) in [6.45, 7) is 8.36. The molecule has 0 aliphatic heterocycles. The van der Waals surface area contributed by atoms with E-state index >= 15 is 0 Å². The molecule has 0 bridgehead atoms. The maximum atomic E-state index is 11.2. The van der Waals surface area contributed by atoms with Crippen molar-refractivity contribution < 1.29 is 4.79 Å². The summed E-state index contributed by atoms with van der Waals surface area (Å²) in [5.74, 6) is 0.894. The van der Waals surface area contributed by atoms with E-state index in [0.29, 0.717) is 17.9 Å². The molecule has 0 fully saturated rings. The Bertz CT molecular complexity index is 187. The zero-order valence-electron chi connectivity index (χ0n) is 9.51. The number of hydrogen-bond acceptors (Lipinski definition) is 2. The predicted octanol–water partition coefficient (Wildman–Crippen LogP) is 2.68. The van der Waals surface area contributed by atoms with Gasteiger partial charge >= 0.3 is 0 Å². The molecule has 0 amide bonds. The van der Waals surface area contributed by atoms with Crippen molar-refractivity contribution in [1.82, 2.24) is 0 Å². The van der Waals surface area contributed by atoms with Crippen LogP contribution < -0.4 is 5.73 Å². The minimum absolute atomic E-state index is 0.201. The Labute approximate surface area is 87.6 Å². The topological polar surface area (TPSA) is 43.1 Å². The van der Waals surface area contributed by atoms with Crippen molar-refractivity contribution in [3.63, 3.8) is 0 Å². The number of carbonyl (C=O) groups excluding carboxylic acids is 1. The molecule has 0 aromatic heterocycles. The molecule has 0 saturated carbocycles. The zero-order chi connectivity index (χ0) is 11.0. The summed E-state index contributed by atoms with van der Waals surface area (Å²) >= 11 is 0. The molecule has 1 unspecified atom stereocenters. The average Bonchev–Trinajstić information content (AvgIpc) is 2.16. The lowest BCUT2D eigenvalue weighted by atomic mass is 9.94. The second kappa shape index (κ2) is 7.74. The maximum Gasteiger partial charge on any atom is 0.157 e. The van der Waals surface area contributed by atoms with Crippen LogP contribution in [0.2, 0.25) is 0 Å².